The number of nitrogens with two attached hydrogens (primary N) is 1. The van der Waals surface area contributed by atoms with E-state index < -0.39 is 0 Å². The number of nitrogens with one attached hydrogen (secondary N) is 1. The summed E-state index contributed by atoms with van der Waals surface area (Å²) in [5.74, 6) is -0.0358. The van der Waals surface area contributed by atoms with Crippen molar-refractivity contribution in [2.24, 2.45) is 5.73 Å². The highest BCUT2D eigenvalue weighted by atomic mass is 35.5. The van der Waals surface area contributed by atoms with E-state index in [1.807, 2.05) is 29.1 Å². The molecule has 2 aromatic rings. The molecule has 0 bridgehead atoms. The normalized spacial score (nSPS) is 11.4. The maximum absolute atomic E-state index is 11.4. The molecule has 1 amide bonds. The lowest BCUT2D eigenvalue weighted by molar-refractivity contribution is -0.121. The second-order valence-corrected chi connectivity index (χ2v) is 4.66. The van der Waals surface area contributed by atoms with Crippen molar-refractivity contribution in [3.05, 3.63) is 23.5 Å². The molecule has 0 fully saturated rings. The summed E-state index contributed by atoms with van der Waals surface area (Å²) in [4.78, 5) is 16.7. The molecule has 5 nitrogen and oxygen atoms in total. The molecule has 0 radical (unpaired) electrons. The van der Waals surface area contributed by atoms with E-state index in [2.05, 4.69) is 10.3 Å². The molecule has 0 spiro atoms. The van der Waals surface area contributed by atoms with Crippen LogP contribution in [0.3, 0.4) is 0 Å². The molecule has 8 heteroatoms. The van der Waals surface area contributed by atoms with Gasteiger partial charge < -0.3 is 11.1 Å². The molecular weight excluding hydrogens is 295 g/mol. The molecule has 1 unspecified atom stereocenters. The molecule has 0 aliphatic heterocycles. The van der Waals surface area contributed by atoms with Gasteiger partial charge in [0.1, 0.15) is 0 Å². The zero-order valence-electron chi connectivity index (χ0n) is 9.83. The van der Waals surface area contributed by atoms with Crippen LogP contribution in [0.2, 0.25) is 0 Å². The Hall–Kier alpha value is -0.820. The predicted molar refractivity (Wildman–Crippen MR) is 77.7 cm³/mol. The molecule has 2 heterocycles. The highest BCUT2D eigenvalue weighted by Gasteiger charge is 2.06. The Bertz CT molecular complexity index is 468. The van der Waals surface area contributed by atoms with Crippen LogP contribution in [0.5, 0.6) is 0 Å². The van der Waals surface area contributed by atoms with E-state index in [4.69, 9.17) is 5.73 Å². The summed E-state index contributed by atoms with van der Waals surface area (Å²) in [5.41, 5.74) is 6.39. The molecule has 2 rings (SSSR count). The van der Waals surface area contributed by atoms with Crippen LogP contribution in [-0.2, 0) is 11.3 Å². The van der Waals surface area contributed by atoms with Gasteiger partial charge >= 0.3 is 0 Å². The number of fused-ring (bicyclic) bond motifs is 1. The van der Waals surface area contributed by atoms with E-state index in [1.54, 1.807) is 11.3 Å². The number of hydrogen-bond acceptors (Lipinski definition) is 4. The first-order chi connectivity index (χ1) is 7.65. The Morgan fingerprint density at radius 3 is 2.94 bits per heavy atom. The average molecular weight is 311 g/mol. The number of imidazole rings is 1. The van der Waals surface area contributed by atoms with Crippen LogP contribution in [0.25, 0.3) is 4.96 Å². The number of amides is 1. The summed E-state index contributed by atoms with van der Waals surface area (Å²) in [6.07, 6.45) is 4.21. The first kappa shape index (κ1) is 17.2. The Kier molecular flexibility index (Phi) is 7.23. The zero-order valence-corrected chi connectivity index (χ0v) is 12.3. The summed E-state index contributed by atoms with van der Waals surface area (Å²) in [5, 5.41) is 4.76. The van der Waals surface area contributed by atoms with Crippen LogP contribution in [0, 0.1) is 0 Å². The van der Waals surface area contributed by atoms with Crippen LogP contribution in [0.15, 0.2) is 17.8 Å². The minimum absolute atomic E-state index is 0. The molecule has 0 saturated heterocycles. The molecule has 102 valence electrons. The number of hydrogen-bond donors (Lipinski definition) is 2. The molecule has 2 aromatic heterocycles. The maximum atomic E-state index is 11.4. The minimum atomic E-state index is -0.106. The van der Waals surface area contributed by atoms with Crippen molar-refractivity contribution in [3.8, 4) is 0 Å². The monoisotopic (exact) mass is 310 g/mol. The van der Waals surface area contributed by atoms with Crippen molar-refractivity contribution in [2.75, 3.05) is 0 Å². The molecule has 1 atom stereocenters. The second kappa shape index (κ2) is 7.58. The summed E-state index contributed by atoms with van der Waals surface area (Å²) in [6, 6.07) is -0.106. The average Bonchev–Trinajstić information content (AvgIpc) is 2.72. The van der Waals surface area contributed by atoms with E-state index in [9.17, 15) is 4.79 Å². The first-order valence-electron chi connectivity index (χ1n) is 5.08. The third-order valence-corrected chi connectivity index (χ3v) is 2.89. The van der Waals surface area contributed by atoms with Gasteiger partial charge in [0.05, 0.1) is 12.2 Å². The summed E-state index contributed by atoms with van der Waals surface area (Å²) < 4.78 is 1.94. The molecule has 18 heavy (non-hydrogen) atoms. The largest absolute Gasteiger partial charge is 0.350 e. The fourth-order valence-electron chi connectivity index (χ4n) is 1.41. The standard InChI is InChI=1S/C10H14N4OS.2ClH/c1-7(11)4-9(15)12-5-8-6-14-2-3-16-10(14)13-8;;/h2-3,6-7H,4-5,11H2,1H3,(H,12,15);2*1H. The van der Waals surface area contributed by atoms with Crippen molar-refractivity contribution < 1.29 is 4.79 Å². The summed E-state index contributed by atoms with van der Waals surface area (Å²) in [7, 11) is 0. The molecule has 3 N–H and O–H groups in total. The highest BCUT2D eigenvalue weighted by molar-refractivity contribution is 7.15. The lowest BCUT2D eigenvalue weighted by Gasteiger charge is -2.05. The van der Waals surface area contributed by atoms with Gasteiger partial charge in [0.15, 0.2) is 4.96 Å². The fraction of sp³-hybridized carbons (Fsp3) is 0.400. The van der Waals surface area contributed by atoms with Crippen LogP contribution >= 0.6 is 36.2 Å². The first-order valence-corrected chi connectivity index (χ1v) is 5.96. The molecule has 0 aromatic carbocycles. The maximum Gasteiger partial charge on any atom is 0.221 e. The van der Waals surface area contributed by atoms with Crippen LogP contribution in [0.4, 0.5) is 0 Å². The van der Waals surface area contributed by atoms with Crippen molar-refractivity contribution in [1.29, 1.82) is 0 Å². The van der Waals surface area contributed by atoms with Crippen LogP contribution < -0.4 is 11.1 Å². The Morgan fingerprint density at radius 1 is 1.61 bits per heavy atom. The quantitative estimate of drug-likeness (QED) is 0.901. The van der Waals surface area contributed by atoms with E-state index >= 15 is 0 Å². The SMILES string of the molecule is CC(N)CC(=O)NCc1cn2ccsc2n1.Cl.Cl. The number of carbonyl (C=O) groups is 1. The highest BCUT2D eigenvalue weighted by Crippen LogP contribution is 2.10. The number of rotatable bonds is 4. The zero-order chi connectivity index (χ0) is 11.5. The topological polar surface area (TPSA) is 72.4 Å². The Labute approximate surface area is 122 Å². The van der Waals surface area contributed by atoms with Gasteiger partial charge in [-0.05, 0) is 6.92 Å². The van der Waals surface area contributed by atoms with Gasteiger partial charge in [-0.1, -0.05) is 0 Å². The minimum Gasteiger partial charge on any atom is -0.350 e. The Balaban J connectivity index is 0.00000144. The number of aromatic nitrogens is 2. The van der Waals surface area contributed by atoms with Crippen molar-refractivity contribution in [2.45, 2.75) is 25.9 Å². The number of carbonyl (C=O) groups excluding carboxylic acids is 1. The second-order valence-electron chi connectivity index (χ2n) is 3.78. The van der Waals surface area contributed by atoms with Gasteiger partial charge in [0, 0.05) is 30.2 Å². The van der Waals surface area contributed by atoms with Crippen LogP contribution in [0.1, 0.15) is 19.0 Å². The molecular formula is C10H16Cl2N4OS. The smallest absolute Gasteiger partial charge is 0.221 e. The molecule has 0 aliphatic carbocycles. The van der Waals surface area contributed by atoms with Gasteiger partial charge in [-0.3, -0.25) is 9.20 Å². The van der Waals surface area contributed by atoms with Crippen LogP contribution in [-0.4, -0.2) is 21.3 Å². The van der Waals surface area contributed by atoms with Gasteiger partial charge in [-0.25, -0.2) is 4.98 Å². The fourth-order valence-corrected chi connectivity index (χ4v) is 2.13. The number of halogens is 2. The van der Waals surface area contributed by atoms with E-state index in [-0.39, 0.29) is 36.8 Å². The van der Waals surface area contributed by atoms with Gasteiger partial charge in [-0.2, -0.15) is 0 Å². The van der Waals surface area contributed by atoms with Gasteiger partial charge in [0.25, 0.3) is 0 Å². The predicted octanol–water partition coefficient (Wildman–Crippen LogP) is 1.59. The lowest BCUT2D eigenvalue weighted by Crippen LogP contribution is -2.29. The third-order valence-electron chi connectivity index (χ3n) is 2.12. The van der Waals surface area contributed by atoms with Crippen molar-refractivity contribution in [1.82, 2.24) is 14.7 Å². The lowest BCUT2D eigenvalue weighted by atomic mass is 10.2. The van der Waals surface area contributed by atoms with E-state index in [0.29, 0.717) is 13.0 Å². The van der Waals surface area contributed by atoms with E-state index in [1.165, 1.54) is 0 Å². The van der Waals surface area contributed by atoms with Gasteiger partial charge in [0.2, 0.25) is 5.91 Å². The molecule has 0 saturated carbocycles. The summed E-state index contributed by atoms with van der Waals surface area (Å²) >= 11 is 1.57. The number of nitrogens with zero attached hydrogens (tertiary/aromatic N) is 2. The third kappa shape index (κ3) is 4.45. The van der Waals surface area contributed by atoms with Gasteiger partial charge in [-0.15, -0.1) is 36.2 Å². The van der Waals surface area contributed by atoms with E-state index in [0.717, 1.165) is 10.7 Å². The van der Waals surface area contributed by atoms with Crippen molar-refractivity contribution >= 4 is 47.0 Å². The Morgan fingerprint density at radius 2 is 2.33 bits per heavy atom. The number of thiazole rings is 1. The van der Waals surface area contributed by atoms with Crippen molar-refractivity contribution in [3.63, 3.8) is 0 Å². The summed E-state index contributed by atoms with van der Waals surface area (Å²) in [6.45, 7) is 2.27. The molecule has 0 aliphatic rings.